The molecule has 0 bridgehead atoms. The lowest BCUT2D eigenvalue weighted by molar-refractivity contribution is 0.574. The number of rotatable bonds is 2. The van der Waals surface area contributed by atoms with Crippen molar-refractivity contribution >= 4 is 9.84 Å². The molecule has 0 saturated heterocycles. The van der Waals surface area contributed by atoms with E-state index in [1.54, 1.807) is 25.1 Å². The molecule has 0 saturated carbocycles. The SMILES string of the molecule is Cc1ccc(-c2ncco2)cc1S(C)(=O)=O. The highest BCUT2D eigenvalue weighted by Gasteiger charge is 2.13. The molecule has 4 nitrogen and oxygen atoms in total. The van der Waals surface area contributed by atoms with E-state index in [1.165, 1.54) is 18.7 Å². The fraction of sp³-hybridized carbons (Fsp3) is 0.182. The number of aryl methyl sites for hydroxylation is 1. The minimum absolute atomic E-state index is 0.309. The fourth-order valence-corrected chi connectivity index (χ4v) is 2.49. The van der Waals surface area contributed by atoms with Gasteiger partial charge in [0.15, 0.2) is 9.84 Å². The lowest BCUT2D eigenvalue weighted by atomic mass is 10.1. The first kappa shape index (κ1) is 10.9. The molecule has 0 aliphatic heterocycles. The van der Waals surface area contributed by atoms with Crippen molar-refractivity contribution in [2.75, 3.05) is 6.26 Å². The molecular weight excluding hydrogens is 226 g/mol. The van der Waals surface area contributed by atoms with Crippen LogP contribution < -0.4 is 0 Å². The van der Waals surface area contributed by atoms with Gasteiger partial charge >= 0.3 is 0 Å². The molecular formula is C11H11NO3S. The van der Waals surface area contributed by atoms with Gasteiger partial charge in [0.1, 0.15) is 6.26 Å². The highest BCUT2D eigenvalue weighted by molar-refractivity contribution is 7.90. The summed E-state index contributed by atoms with van der Waals surface area (Å²) in [4.78, 5) is 4.29. The van der Waals surface area contributed by atoms with Crippen molar-refractivity contribution in [2.24, 2.45) is 0 Å². The summed E-state index contributed by atoms with van der Waals surface area (Å²) in [6.07, 6.45) is 4.17. The van der Waals surface area contributed by atoms with E-state index < -0.39 is 9.84 Å². The van der Waals surface area contributed by atoms with Gasteiger partial charge in [0.05, 0.1) is 11.1 Å². The zero-order valence-corrected chi connectivity index (χ0v) is 9.78. The predicted molar refractivity (Wildman–Crippen MR) is 59.8 cm³/mol. The summed E-state index contributed by atoms with van der Waals surface area (Å²) in [5.41, 5.74) is 1.38. The summed E-state index contributed by atoms with van der Waals surface area (Å²) in [5.74, 6) is 0.421. The smallest absolute Gasteiger partial charge is 0.225 e. The second kappa shape index (κ2) is 3.75. The molecule has 2 rings (SSSR count). The number of hydrogen-bond donors (Lipinski definition) is 0. The first-order chi connectivity index (χ1) is 7.48. The van der Waals surface area contributed by atoms with Crippen LogP contribution in [0.4, 0.5) is 0 Å². The van der Waals surface area contributed by atoms with E-state index in [0.29, 0.717) is 16.3 Å². The topological polar surface area (TPSA) is 60.2 Å². The van der Waals surface area contributed by atoms with Crippen LogP contribution in [0.25, 0.3) is 11.5 Å². The van der Waals surface area contributed by atoms with E-state index in [9.17, 15) is 8.42 Å². The highest BCUT2D eigenvalue weighted by atomic mass is 32.2. The Morgan fingerprint density at radius 2 is 2.06 bits per heavy atom. The quantitative estimate of drug-likeness (QED) is 0.802. The molecule has 1 aromatic carbocycles. The van der Waals surface area contributed by atoms with Crippen molar-refractivity contribution < 1.29 is 12.8 Å². The van der Waals surface area contributed by atoms with Crippen LogP contribution in [0.3, 0.4) is 0 Å². The van der Waals surface area contributed by atoms with E-state index >= 15 is 0 Å². The maximum atomic E-state index is 11.5. The standard InChI is InChI=1S/C11H11NO3S/c1-8-3-4-9(11-12-5-6-15-11)7-10(8)16(2,13)14/h3-7H,1-2H3. The third kappa shape index (κ3) is 1.99. The van der Waals surface area contributed by atoms with Crippen LogP contribution >= 0.6 is 0 Å². The second-order valence-electron chi connectivity index (χ2n) is 3.59. The first-order valence-corrected chi connectivity index (χ1v) is 6.58. The van der Waals surface area contributed by atoms with Crippen LogP contribution in [-0.4, -0.2) is 19.7 Å². The predicted octanol–water partition coefficient (Wildman–Crippen LogP) is 2.05. The van der Waals surface area contributed by atoms with Crippen LogP contribution in [0.1, 0.15) is 5.56 Å². The van der Waals surface area contributed by atoms with Crippen molar-refractivity contribution in [1.29, 1.82) is 0 Å². The number of sulfone groups is 1. The van der Waals surface area contributed by atoms with Crippen molar-refractivity contribution in [3.05, 3.63) is 36.2 Å². The lowest BCUT2D eigenvalue weighted by Gasteiger charge is -2.04. The van der Waals surface area contributed by atoms with Gasteiger partial charge in [-0.05, 0) is 24.6 Å². The summed E-state index contributed by atoms with van der Waals surface area (Å²) in [7, 11) is -3.22. The molecule has 0 amide bonds. The Hall–Kier alpha value is -1.62. The van der Waals surface area contributed by atoms with Gasteiger partial charge in [-0.2, -0.15) is 0 Å². The molecule has 0 radical (unpaired) electrons. The largest absolute Gasteiger partial charge is 0.445 e. The number of benzene rings is 1. The summed E-state index contributed by atoms with van der Waals surface area (Å²) in [5, 5.41) is 0. The maximum Gasteiger partial charge on any atom is 0.225 e. The zero-order chi connectivity index (χ0) is 11.8. The Labute approximate surface area is 93.9 Å². The molecule has 0 aliphatic carbocycles. The van der Waals surface area contributed by atoms with Crippen molar-refractivity contribution in [1.82, 2.24) is 4.98 Å². The van der Waals surface area contributed by atoms with Crippen molar-refractivity contribution in [3.63, 3.8) is 0 Å². The molecule has 16 heavy (non-hydrogen) atoms. The van der Waals surface area contributed by atoms with E-state index in [0.717, 1.165) is 5.56 Å². The molecule has 1 aromatic heterocycles. The van der Waals surface area contributed by atoms with Crippen LogP contribution in [0.5, 0.6) is 0 Å². The normalized spacial score (nSPS) is 11.6. The van der Waals surface area contributed by atoms with Gasteiger partial charge in [-0.1, -0.05) is 6.07 Å². The lowest BCUT2D eigenvalue weighted by Crippen LogP contribution is -2.00. The van der Waals surface area contributed by atoms with E-state index in [4.69, 9.17) is 4.42 Å². The van der Waals surface area contributed by atoms with Crippen molar-refractivity contribution in [2.45, 2.75) is 11.8 Å². The molecule has 2 aromatic rings. The Morgan fingerprint density at radius 3 is 2.62 bits per heavy atom. The van der Waals surface area contributed by atoms with E-state index in [2.05, 4.69) is 4.98 Å². The fourth-order valence-electron chi connectivity index (χ4n) is 1.50. The summed E-state index contributed by atoms with van der Waals surface area (Å²) < 4.78 is 28.2. The van der Waals surface area contributed by atoms with E-state index in [1.807, 2.05) is 0 Å². The molecule has 84 valence electrons. The van der Waals surface area contributed by atoms with Crippen LogP contribution in [0.2, 0.25) is 0 Å². The summed E-state index contributed by atoms with van der Waals surface area (Å²) in [6.45, 7) is 1.76. The zero-order valence-electron chi connectivity index (χ0n) is 8.97. The Kier molecular flexibility index (Phi) is 2.55. The summed E-state index contributed by atoms with van der Waals surface area (Å²) in [6, 6.07) is 5.11. The number of hydrogen-bond acceptors (Lipinski definition) is 4. The second-order valence-corrected chi connectivity index (χ2v) is 5.57. The molecule has 0 N–H and O–H groups in total. The molecule has 0 atom stereocenters. The number of aromatic nitrogens is 1. The van der Waals surface area contributed by atoms with Gasteiger partial charge in [0.25, 0.3) is 0 Å². The van der Waals surface area contributed by atoms with Crippen LogP contribution in [0, 0.1) is 6.92 Å². The first-order valence-electron chi connectivity index (χ1n) is 4.69. The third-order valence-electron chi connectivity index (χ3n) is 2.27. The minimum atomic E-state index is -3.22. The molecule has 1 heterocycles. The molecule has 0 fully saturated rings. The minimum Gasteiger partial charge on any atom is -0.445 e. The highest BCUT2D eigenvalue weighted by Crippen LogP contribution is 2.23. The molecule has 5 heteroatoms. The third-order valence-corrected chi connectivity index (χ3v) is 3.51. The maximum absolute atomic E-state index is 11.5. The van der Waals surface area contributed by atoms with Gasteiger partial charge in [0.2, 0.25) is 5.89 Å². The average Bonchev–Trinajstić information content (AvgIpc) is 2.69. The Balaban J connectivity index is 2.61. The van der Waals surface area contributed by atoms with Gasteiger partial charge in [-0.3, -0.25) is 0 Å². The van der Waals surface area contributed by atoms with Crippen LogP contribution in [0.15, 0.2) is 40.0 Å². The number of oxazole rings is 1. The molecule has 0 aliphatic rings. The molecule has 0 unspecified atom stereocenters. The Morgan fingerprint density at radius 1 is 1.31 bits per heavy atom. The van der Waals surface area contributed by atoms with Crippen molar-refractivity contribution in [3.8, 4) is 11.5 Å². The van der Waals surface area contributed by atoms with Gasteiger partial charge in [0, 0.05) is 11.8 Å². The average molecular weight is 237 g/mol. The number of nitrogens with zero attached hydrogens (tertiary/aromatic N) is 1. The van der Waals surface area contributed by atoms with Gasteiger partial charge in [-0.15, -0.1) is 0 Å². The summed E-state index contributed by atoms with van der Waals surface area (Å²) >= 11 is 0. The Bertz CT molecular complexity index is 600. The van der Waals surface area contributed by atoms with Crippen LogP contribution in [-0.2, 0) is 9.84 Å². The monoisotopic (exact) mass is 237 g/mol. The van der Waals surface area contributed by atoms with Gasteiger partial charge in [-0.25, -0.2) is 13.4 Å². The van der Waals surface area contributed by atoms with E-state index in [-0.39, 0.29) is 0 Å². The van der Waals surface area contributed by atoms with Gasteiger partial charge < -0.3 is 4.42 Å². The molecule has 0 spiro atoms.